The zero-order valence-corrected chi connectivity index (χ0v) is 16.0. The van der Waals surface area contributed by atoms with E-state index in [1.807, 2.05) is 6.92 Å². The maximum atomic E-state index is 13.0. The fourth-order valence-corrected chi connectivity index (χ4v) is 3.42. The molecular formula is C19H23ClFN3O3. The van der Waals surface area contributed by atoms with Crippen molar-refractivity contribution in [1.29, 1.82) is 0 Å². The fourth-order valence-electron chi connectivity index (χ4n) is 3.19. The van der Waals surface area contributed by atoms with Crippen LogP contribution >= 0.6 is 11.6 Å². The van der Waals surface area contributed by atoms with Crippen LogP contribution < -0.4 is 4.74 Å². The molecule has 1 saturated heterocycles. The summed E-state index contributed by atoms with van der Waals surface area (Å²) in [5, 5.41) is 15.4. The van der Waals surface area contributed by atoms with E-state index in [0.717, 1.165) is 6.42 Å². The second-order valence-electron chi connectivity index (χ2n) is 6.89. The number of nitrogens with zero attached hydrogens (tertiary/aromatic N) is 3. The minimum Gasteiger partial charge on any atom is -0.491 e. The van der Waals surface area contributed by atoms with Crippen molar-refractivity contribution in [3.63, 3.8) is 0 Å². The van der Waals surface area contributed by atoms with Crippen LogP contribution in [0.15, 0.2) is 30.5 Å². The largest absolute Gasteiger partial charge is 0.491 e. The number of ether oxygens (including phenoxy) is 1. The molecule has 1 N–H and O–H groups in total. The highest BCUT2D eigenvalue weighted by molar-refractivity contribution is 6.33. The number of β-amino-alcohol motifs (C(OH)–C–C–N with tert-alkyl or cyclic N) is 1. The van der Waals surface area contributed by atoms with E-state index < -0.39 is 5.60 Å². The predicted molar refractivity (Wildman–Crippen MR) is 99.5 cm³/mol. The van der Waals surface area contributed by atoms with Gasteiger partial charge in [0.25, 0.3) is 5.91 Å². The number of rotatable bonds is 6. The van der Waals surface area contributed by atoms with Crippen molar-refractivity contribution in [2.75, 3.05) is 19.7 Å². The van der Waals surface area contributed by atoms with Crippen LogP contribution in [0, 0.1) is 5.82 Å². The molecule has 1 aromatic heterocycles. The summed E-state index contributed by atoms with van der Waals surface area (Å²) in [6.45, 7) is 3.37. The Kier molecular flexibility index (Phi) is 6.01. The number of carbonyl (C=O) groups is 1. The molecule has 0 aliphatic carbocycles. The molecule has 3 rings (SSSR count). The number of amides is 1. The van der Waals surface area contributed by atoms with Gasteiger partial charge in [0.05, 0.1) is 11.6 Å². The highest BCUT2D eigenvalue weighted by atomic mass is 35.5. The van der Waals surface area contributed by atoms with Crippen molar-refractivity contribution < 1.29 is 19.0 Å². The van der Waals surface area contributed by atoms with E-state index in [4.69, 9.17) is 16.3 Å². The van der Waals surface area contributed by atoms with Gasteiger partial charge in [-0.1, -0.05) is 18.5 Å². The number of aromatic nitrogens is 2. The lowest BCUT2D eigenvalue weighted by Gasteiger charge is -2.38. The molecule has 1 aliphatic heterocycles. The first-order valence-electron chi connectivity index (χ1n) is 9.03. The molecule has 2 heterocycles. The number of halogens is 2. The Morgan fingerprint density at radius 3 is 2.85 bits per heavy atom. The van der Waals surface area contributed by atoms with Crippen LogP contribution in [0.3, 0.4) is 0 Å². The molecule has 0 spiro atoms. The van der Waals surface area contributed by atoms with E-state index in [1.165, 1.54) is 24.3 Å². The minimum atomic E-state index is -1.18. The molecule has 1 aromatic carbocycles. The van der Waals surface area contributed by atoms with Crippen LogP contribution in [-0.4, -0.2) is 51.0 Å². The summed E-state index contributed by atoms with van der Waals surface area (Å²) in [6.07, 6.45) is 3.68. The van der Waals surface area contributed by atoms with Gasteiger partial charge in [0.1, 0.15) is 23.8 Å². The maximum absolute atomic E-state index is 13.0. The lowest BCUT2D eigenvalue weighted by Crippen LogP contribution is -2.53. The van der Waals surface area contributed by atoms with Crippen LogP contribution in [-0.2, 0) is 6.54 Å². The van der Waals surface area contributed by atoms with E-state index in [-0.39, 0.29) is 30.6 Å². The quantitative estimate of drug-likeness (QED) is 0.816. The summed E-state index contributed by atoms with van der Waals surface area (Å²) in [7, 11) is 0. The smallest absolute Gasteiger partial charge is 0.276 e. The molecule has 146 valence electrons. The van der Waals surface area contributed by atoms with Gasteiger partial charge in [0.2, 0.25) is 0 Å². The average Bonchev–Trinajstić information content (AvgIpc) is 3.01. The molecule has 27 heavy (non-hydrogen) atoms. The van der Waals surface area contributed by atoms with Crippen molar-refractivity contribution in [3.05, 3.63) is 47.0 Å². The molecule has 2 aromatic rings. The Bertz CT molecular complexity index is 796. The van der Waals surface area contributed by atoms with Gasteiger partial charge < -0.3 is 14.7 Å². The van der Waals surface area contributed by atoms with Crippen molar-refractivity contribution in [1.82, 2.24) is 14.7 Å². The van der Waals surface area contributed by atoms with Crippen LogP contribution in [0.2, 0.25) is 5.02 Å². The minimum absolute atomic E-state index is 0.0143. The number of hydrogen-bond donors (Lipinski definition) is 1. The molecule has 0 saturated carbocycles. The van der Waals surface area contributed by atoms with E-state index in [2.05, 4.69) is 5.10 Å². The first kappa shape index (κ1) is 19.6. The van der Waals surface area contributed by atoms with Gasteiger partial charge in [-0.15, -0.1) is 0 Å². The summed E-state index contributed by atoms with van der Waals surface area (Å²) < 4.78 is 20.2. The summed E-state index contributed by atoms with van der Waals surface area (Å²) in [4.78, 5) is 14.4. The molecule has 0 bridgehead atoms. The summed E-state index contributed by atoms with van der Waals surface area (Å²) in [5.74, 6) is -0.181. The Balaban J connectivity index is 1.65. The zero-order valence-electron chi connectivity index (χ0n) is 15.2. The number of likely N-dealkylation sites (tertiary alicyclic amines) is 1. The van der Waals surface area contributed by atoms with Gasteiger partial charge in [-0.25, -0.2) is 4.39 Å². The zero-order chi connectivity index (χ0) is 19.4. The van der Waals surface area contributed by atoms with Crippen molar-refractivity contribution in [2.45, 2.75) is 38.3 Å². The summed E-state index contributed by atoms with van der Waals surface area (Å²) in [5.41, 5.74) is -0.977. The normalized spacial score (nSPS) is 19.9. The van der Waals surface area contributed by atoms with Gasteiger partial charge in [-0.05, 0) is 43.5 Å². The number of aryl methyl sites for hydroxylation is 1. The van der Waals surface area contributed by atoms with E-state index in [0.29, 0.717) is 36.7 Å². The molecule has 1 unspecified atom stereocenters. The van der Waals surface area contributed by atoms with Crippen molar-refractivity contribution in [2.24, 2.45) is 0 Å². The number of aliphatic hydroxyl groups is 1. The third-order valence-corrected chi connectivity index (χ3v) is 4.81. The molecule has 8 heteroatoms. The first-order valence-corrected chi connectivity index (χ1v) is 9.41. The Morgan fingerprint density at radius 1 is 1.41 bits per heavy atom. The highest BCUT2D eigenvalue weighted by Gasteiger charge is 2.37. The molecule has 0 radical (unpaired) electrons. The standard InChI is InChI=1S/C19H23ClFN3O3/c1-2-9-24-11-16(20)17(22-24)18(25)23-10-3-8-19(26,12-23)13-27-15-6-4-14(21)5-7-15/h4-7,11,26H,2-3,8-10,12-13H2,1H3. The number of carbonyl (C=O) groups excluding carboxylic acids is 1. The molecular weight excluding hydrogens is 373 g/mol. The molecule has 1 amide bonds. The number of benzene rings is 1. The second kappa shape index (κ2) is 8.27. The van der Waals surface area contributed by atoms with E-state index in [9.17, 15) is 14.3 Å². The molecule has 1 atom stereocenters. The van der Waals surface area contributed by atoms with E-state index >= 15 is 0 Å². The third kappa shape index (κ3) is 4.78. The monoisotopic (exact) mass is 395 g/mol. The Morgan fingerprint density at radius 2 is 2.15 bits per heavy atom. The van der Waals surface area contributed by atoms with Crippen LogP contribution in [0.1, 0.15) is 36.7 Å². The predicted octanol–water partition coefficient (Wildman–Crippen LogP) is 3.13. The third-order valence-electron chi connectivity index (χ3n) is 4.54. The molecule has 1 aliphatic rings. The average molecular weight is 396 g/mol. The lowest BCUT2D eigenvalue weighted by molar-refractivity contribution is -0.0533. The summed E-state index contributed by atoms with van der Waals surface area (Å²) >= 11 is 6.17. The van der Waals surface area contributed by atoms with Crippen molar-refractivity contribution >= 4 is 17.5 Å². The van der Waals surface area contributed by atoms with Crippen molar-refractivity contribution in [3.8, 4) is 5.75 Å². The van der Waals surface area contributed by atoms with Gasteiger partial charge in [-0.2, -0.15) is 5.10 Å². The fraction of sp³-hybridized carbons (Fsp3) is 0.474. The van der Waals surface area contributed by atoms with Gasteiger partial charge >= 0.3 is 0 Å². The van der Waals surface area contributed by atoms with Gasteiger partial charge in [0, 0.05) is 19.3 Å². The second-order valence-corrected chi connectivity index (χ2v) is 7.29. The van der Waals surface area contributed by atoms with Crippen LogP contribution in [0.25, 0.3) is 0 Å². The Labute approximate surface area is 162 Å². The van der Waals surface area contributed by atoms with Gasteiger partial charge in [0.15, 0.2) is 5.69 Å². The lowest BCUT2D eigenvalue weighted by atomic mass is 9.93. The van der Waals surface area contributed by atoms with Gasteiger partial charge in [-0.3, -0.25) is 9.48 Å². The number of hydrogen-bond acceptors (Lipinski definition) is 4. The Hall–Kier alpha value is -2.12. The molecule has 6 nitrogen and oxygen atoms in total. The number of piperidine rings is 1. The molecule has 1 fully saturated rings. The summed E-state index contributed by atoms with van der Waals surface area (Å²) in [6, 6.07) is 5.60. The first-order chi connectivity index (χ1) is 12.9. The highest BCUT2D eigenvalue weighted by Crippen LogP contribution is 2.25. The maximum Gasteiger partial charge on any atom is 0.276 e. The topological polar surface area (TPSA) is 67.6 Å². The van der Waals surface area contributed by atoms with Crippen LogP contribution in [0.4, 0.5) is 4.39 Å². The van der Waals surface area contributed by atoms with E-state index in [1.54, 1.807) is 15.8 Å². The van der Waals surface area contributed by atoms with Crippen LogP contribution in [0.5, 0.6) is 5.75 Å². The SMILES string of the molecule is CCCn1cc(Cl)c(C(=O)N2CCCC(O)(COc3ccc(F)cc3)C2)n1.